The zero-order valence-electron chi connectivity index (χ0n) is 11.1. The zero-order chi connectivity index (χ0) is 15.7. The molecule has 6 heteroatoms. The number of hydrogen-bond acceptors (Lipinski definition) is 2. The van der Waals surface area contributed by atoms with Crippen LogP contribution in [0.2, 0.25) is 0 Å². The Morgan fingerprint density at radius 3 is 1.90 bits per heavy atom. The molecule has 21 heavy (non-hydrogen) atoms. The van der Waals surface area contributed by atoms with E-state index in [1.54, 1.807) is 12.1 Å². The van der Waals surface area contributed by atoms with Gasteiger partial charge in [-0.25, -0.2) is 8.42 Å². The summed E-state index contributed by atoms with van der Waals surface area (Å²) in [7, 11) is -3.68. The quantitative estimate of drug-likeness (QED) is 0.858. The van der Waals surface area contributed by atoms with Crippen LogP contribution in [0.25, 0.3) is 0 Å². The Kier molecular flexibility index (Phi) is 4.09. The third-order valence-electron chi connectivity index (χ3n) is 2.88. The van der Waals surface area contributed by atoms with Gasteiger partial charge in [0, 0.05) is 0 Å². The molecule has 0 fully saturated rings. The first kappa shape index (κ1) is 15.6. The smallest absolute Gasteiger partial charge is 0.223 e. The van der Waals surface area contributed by atoms with Crippen LogP contribution in [0, 0.1) is 12.7 Å². The third-order valence-corrected chi connectivity index (χ3v) is 4.39. The summed E-state index contributed by atoms with van der Waals surface area (Å²) in [4.78, 5) is 0.105. The average Bonchev–Trinajstić information content (AvgIpc) is 2.38. The molecule has 0 saturated carbocycles. The third kappa shape index (κ3) is 3.85. The minimum atomic E-state index is -4.44. The molecule has 0 bridgehead atoms. The second kappa shape index (κ2) is 5.52. The molecule has 0 unspecified atom stereocenters. The van der Waals surface area contributed by atoms with Crippen molar-refractivity contribution in [1.82, 2.24) is 0 Å². The Hall–Kier alpha value is -1.82. The van der Waals surface area contributed by atoms with Crippen molar-refractivity contribution in [2.75, 3.05) is 0 Å². The maximum atomic E-state index is 12.4. The molecule has 0 aliphatic rings. The normalized spacial score (nSPS) is 12.4. The van der Waals surface area contributed by atoms with Gasteiger partial charge in [-0.3, -0.25) is 0 Å². The topological polar surface area (TPSA) is 34.1 Å². The minimum absolute atomic E-state index is 0.105. The highest BCUT2D eigenvalue weighted by Crippen LogP contribution is 2.29. The van der Waals surface area contributed by atoms with E-state index in [4.69, 9.17) is 0 Å². The molecule has 0 N–H and O–H groups in total. The highest BCUT2D eigenvalue weighted by Gasteiger charge is 2.30. The molecule has 2 aromatic carbocycles. The monoisotopic (exact) mass is 313 g/mol. The first-order chi connectivity index (χ1) is 9.68. The average molecular weight is 313 g/mol. The van der Waals surface area contributed by atoms with Gasteiger partial charge in [0.25, 0.3) is 0 Å². The molecule has 0 aliphatic heterocycles. The van der Waals surface area contributed by atoms with Crippen LogP contribution in [0.4, 0.5) is 13.2 Å². The molecule has 0 atom stereocenters. The molecule has 111 valence electrons. The van der Waals surface area contributed by atoms with Crippen molar-refractivity contribution in [3.05, 3.63) is 71.0 Å². The Morgan fingerprint density at radius 2 is 1.43 bits per heavy atom. The number of alkyl halides is 3. The number of aryl methyl sites for hydroxylation is 1. The van der Waals surface area contributed by atoms with E-state index in [0.717, 1.165) is 35.6 Å². The summed E-state index contributed by atoms with van der Waals surface area (Å²) < 4.78 is 61.5. The summed E-state index contributed by atoms with van der Waals surface area (Å²) in [5.74, 6) is 0.956. The maximum Gasteiger partial charge on any atom is 0.416 e. The van der Waals surface area contributed by atoms with Gasteiger partial charge in [0.05, 0.1) is 10.5 Å². The van der Waals surface area contributed by atoms with Crippen molar-refractivity contribution in [2.24, 2.45) is 0 Å². The Morgan fingerprint density at radius 1 is 0.905 bits per heavy atom. The van der Waals surface area contributed by atoms with E-state index < -0.39 is 21.6 Å². The Bertz CT molecular complexity index is 715. The van der Waals surface area contributed by atoms with Gasteiger partial charge >= 0.3 is 6.18 Å². The SMILES string of the molecule is Cc1ccc(S(=O)(=O)[CH]c2ccc(C(F)(F)F)cc2)cc1. The van der Waals surface area contributed by atoms with Crippen molar-refractivity contribution in [3.8, 4) is 0 Å². The fourth-order valence-electron chi connectivity index (χ4n) is 1.73. The van der Waals surface area contributed by atoms with Crippen molar-refractivity contribution in [2.45, 2.75) is 18.0 Å². The molecule has 0 heterocycles. The van der Waals surface area contributed by atoms with E-state index in [-0.39, 0.29) is 10.5 Å². The van der Waals surface area contributed by atoms with Gasteiger partial charge in [-0.1, -0.05) is 29.8 Å². The summed E-state index contributed by atoms with van der Waals surface area (Å²) >= 11 is 0. The lowest BCUT2D eigenvalue weighted by atomic mass is 10.1. The summed E-state index contributed by atoms with van der Waals surface area (Å²) in [6, 6.07) is 10.2. The van der Waals surface area contributed by atoms with E-state index in [0.29, 0.717) is 0 Å². The second-order valence-corrected chi connectivity index (χ2v) is 6.39. The highest BCUT2D eigenvalue weighted by atomic mass is 32.2. The first-order valence-electron chi connectivity index (χ1n) is 6.02. The zero-order valence-corrected chi connectivity index (χ0v) is 11.9. The summed E-state index contributed by atoms with van der Waals surface area (Å²) in [6.45, 7) is 1.83. The van der Waals surface area contributed by atoms with Crippen molar-refractivity contribution >= 4 is 9.84 Å². The number of sulfone groups is 1. The molecule has 0 saturated heterocycles. The predicted octanol–water partition coefficient (Wildman–Crippen LogP) is 4.00. The summed E-state index contributed by atoms with van der Waals surface area (Å²) in [5, 5.41) is 0. The van der Waals surface area contributed by atoms with Crippen LogP contribution in [-0.4, -0.2) is 8.42 Å². The van der Waals surface area contributed by atoms with Crippen LogP contribution < -0.4 is 0 Å². The fourth-order valence-corrected chi connectivity index (χ4v) is 2.89. The van der Waals surface area contributed by atoms with E-state index in [1.165, 1.54) is 12.1 Å². The van der Waals surface area contributed by atoms with Gasteiger partial charge < -0.3 is 0 Å². The molecule has 0 spiro atoms. The largest absolute Gasteiger partial charge is 0.416 e. The van der Waals surface area contributed by atoms with E-state index in [2.05, 4.69) is 0 Å². The van der Waals surface area contributed by atoms with Crippen LogP contribution in [0.3, 0.4) is 0 Å². The fraction of sp³-hybridized carbons (Fsp3) is 0.133. The summed E-state index contributed by atoms with van der Waals surface area (Å²) in [6.07, 6.45) is -4.44. The summed E-state index contributed by atoms with van der Waals surface area (Å²) in [5.41, 5.74) is 0.305. The lowest BCUT2D eigenvalue weighted by Crippen LogP contribution is -2.06. The van der Waals surface area contributed by atoms with Crippen LogP contribution >= 0.6 is 0 Å². The number of halogens is 3. The first-order valence-corrected chi connectivity index (χ1v) is 7.57. The number of hydrogen-bond donors (Lipinski definition) is 0. The Labute approximate surface area is 121 Å². The lowest BCUT2D eigenvalue weighted by molar-refractivity contribution is -0.137. The molecule has 0 aliphatic carbocycles. The predicted molar refractivity (Wildman–Crippen MR) is 73.2 cm³/mol. The standard InChI is InChI=1S/C15H12F3O2S/c1-11-2-8-14(9-3-11)21(19,20)10-12-4-6-13(7-5-12)15(16,17)18/h2-10H,1H3. The van der Waals surface area contributed by atoms with Crippen LogP contribution in [0.15, 0.2) is 53.4 Å². The maximum absolute atomic E-state index is 12.4. The highest BCUT2D eigenvalue weighted by molar-refractivity contribution is 7.93. The molecular formula is C15H12F3O2S. The molecule has 0 aromatic heterocycles. The number of benzene rings is 2. The van der Waals surface area contributed by atoms with Crippen molar-refractivity contribution < 1.29 is 21.6 Å². The van der Waals surface area contributed by atoms with Crippen LogP contribution in [-0.2, 0) is 16.0 Å². The number of rotatable bonds is 3. The van der Waals surface area contributed by atoms with Crippen LogP contribution in [0.1, 0.15) is 16.7 Å². The van der Waals surface area contributed by atoms with Gasteiger partial charge in [0.15, 0.2) is 9.84 Å². The minimum Gasteiger partial charge on any atom is -0.223 e. The molecule has 0 amide bonds. The van der Waals surface area contributed by atoms with Crippen molar-refractivity contribution in [3.63, 3.8) is 0 Å². The van der Waals surface area contributed by atoms with Gasteiger partial charge in [-0.15, -0.1) is 0 Å². The Balaban J connectivity index is 2.23. The molecule has 1 radical (unpaired) electrons. The van der Waals surface area contributed by atoms with Crippen LogP contribution in [0.5, 0.6) is 0 Å². The lowest BCUT2D eigenvalue weighted by Gasteiger charge is -2.08. The van der Waals surface area contributed by atoms with Gasteiger partial charge in [0.1, 0.15) is 5.75 Å². The molecular weight excluding hydrogens is 301 g/mol. The van der Waals surface area contributed by atoms with Crippen molar-refractivity contribution in [1.29, 1.82) is 0 Å². The van der Waals surface area contributed by atoms with E-state index >= 15 is 0 Å². The molecule has 2 rings (SSSR count). The van der Waals surface area contributed by atoms with Gasteiger partial charge in [-0.2, -0.15) is 13.2 Å². The molecule has 2 nitrogen and oxygen atoms in total. The second-order valence-electron chi connectivity index (χ2n) is 4.60. The molecule has 2 aromatic rings. The van der Waals surface area contributed by atoms with Gasteiger partial charge in [0.2, 0.25) is 0 Å². The van der Waals surface area contributed by atoms with E-state index in [9.17, 15) is 21.6 Å². The van der Waals surface area contributed by atoms with Gasteiger partial charge in [-0.05, 0) is 36.8 Å². The van der Waals surface area contributed by atoms with E-state index in [1.807, 2.05) is 6.92 Å².